The first kappa shape index (κ1) is 20.5. The molecule has 0 aliphatic carbocycles. The van der Waals surface area contributed by atoms with Crippen LogP contribution in [0.4, 0.5) is 5.69 Å². The van der Waals surface area contributed by atoms with Crippen molar-refractivity contribution in [1.82, 2.24) is 9.78 Å². The third-order valence-corrected chi connectivity index (χ3v) is 5.10. The van der Waals surface area contributed by atoms with Crippen LogP contribution in [0.3, 0.4) is 0 Å². The third-order valence-electron chi connectivity index (χ3n) is 5.10. The molecule has 1 aliphatic heterocycles. The molecule has 0 N–H and O–H groups in total. The fourth-order valence-corrected chi connectivity index (χ4v) is 3.61. The number of nitrogens with zero attached hydrogens (tertiary/aromatic N) is 3. The van der Waals surface area contributed by atoms with Crippen molar-refractivity contribution in [3.05, 3.63) is 86.2 Å². The first-order valence-electron chi connectivity index (χ1n) is 9.70. The van der Waals surface area contributed by atoms with Crippen LogP contribution in [0.25, 0.3) is 0 Å². The predicted octanol–water partition coefficient (Wildman–Crippen LogP) is 3.68. The highest BCUT2D eigenvalue weighted by Crippen LogP contribution is 2.33. The van der Waals surface area contributed by atoms with Crippen molar-refractivity contribution in [3.8, 4) is 5.75 Å². The van der Waals surface area contributed by atoms with Crippen LogP contribution in [-0.2, 0) is 29.2 Å². The molecule has 1 aromatic heterocycles. The molecule has 0 spiro atoms. The third kappa shape index (κ3) is 4.26. The van der Waals surface area contributed by atoms with E-state index in [-0.39, 0.29) is 25.7 Å². The number of rotatable bonds is 6. The number of non-ortho nitro benzene ring substituents is 1. The number of benzene rings is 2. The molecule has 2 heterocycles. The number of nitro benzene ring substituents is 1. The summed E-state index contributed by atoms with van der Waals surface area (Å²) < 4.78 is 18.0. The first-order chi connectivity index (χ1) is 14.9. The minimum atomic E-state index is -0.540. The van der Waals surface area contributed by atoms with Crippen molar-refractivity contribution in [3.63, 3.8) is 0 Å². The van der Waals surface area contributed by atoms with Crippen LogP contribution >= 0.6 is 0 Å². The minimum absolute atomic E-state index is 0.0379. The molecular weight excluding hydrogens is 402 g/mol. The van der Waals surface area contributed by atoms with Crippen molar-refractivity contribution < 1.29 is 23.9 Å². The molecule has 2 aromatic carbocycles. The van der Waals surface area contributed by atoms with Gasteiger partial charge < -0.3 is 14.2 Å². The second-order valence-corrected chi connectivity index (χ2v) is 7.23. The quantitative estimate of drug-likeness (QED) is 0.338. The van der Waals surface area contributed by atoms with E-state index in [4.69, 9.17) is 14.2 Å². The van der Waals surface area contributed by atoms with E-state index in [0.29, 0.717) is 40.4 Å². The van der Waals surface area contributed by atoms with E-state index >= 15 is 0 Å². The van der Waals surface area contributed by atoms with Gasteiger partial charge in [0.2, 0.25) is 0 Å². The Bertz CT molecular complexity index is 1140. The lowest BCUT2D eigenvalue weighted by Crippen LogP contribution is -2.15. The van der Waals surface area contributed by atoms with Gasteiger partial charge in [-0.1, -0.05) is 30.3 Å². The van der Waals surface area contributed by atoms with Gasteiger partial charge in [-0.2, -0.15) is 5.10 Å². The van der Waals surface area contributed by atoms with Gasteiger partial charge >= 0.3 is 5.97 Å². The van der Waals surface area contributed by atoms with E-state index < -0.39 is 10.9 Å². The van der Waals surface area contributed by atoms with Gasteiger partial charge in [0.15, 0.2) is 6.79 Å². The summed E-state index contributed by atoms with van der Waals surface area (Å²) in [6.07, 6.45) is 0. The summed E-state index contributed by atoms with van der Waals surface area (Å²) in [4.78, 5) is 23.6. The zero-order valence-corrected chi connectivity index (χ0v) is 17.2. The van der Waals surface area contributed by atoms with Gasteiger partial charge in [-0.3, -0.25) is 14.8 Å². The van der Waals surface area contributed by atoms with Gasteiger partial charge in [-0.25, -0.2) is 4.79 Å². The number of hydrogen-bond donors (Lipinski definition) is 0. The van der Waals surface area contributed by atoms with Crippen molar-refractivity contribution in [2.75, 3.05) is 6.79 Å². The molecule has 0 fully saturated rings. The average molecular weight is 423 g/mol. The molecule has 1 aliphatic rings. The summed E-state index contributed by atoms with van der Waals surface area (Å²) >= 11 is 0. The van der Waals surface area contributed by atoms with Gasteiger partial charge in [0.05, 0.1) is 29.5 Å². The van der Waals surface area contributed by atoms with Crippen LogP contribution < -0.4 is 4.74 Å². The number of carbonyl (C=O) groups excluding carboxylic acids is 1. The second kappa shape index (κ2) is 8.57. The molecule has 160 valence electrons. The first-order valence-corrected chi connectivity index (χ1v) is 9.70. The molecule has 0 bridgehead atoms. The Morgan fingerprint density at radius 2 is 2.03 bits per heavy atom. The largest absolute Gasteiger partial charge is 0.467 e. The Balaban J connectivity index is 1.55. The number of nitro groups is 1. The van der Waals surface area contributed by atoms with Crippen molar-refractivity contribution >= 4 is 11.7 Å². The van der Waals surface area contributed by atoms with E-state index in [1.807, 2.05) is 37.3 Å². The van der Waals surface area contributed by atoms with Gasteiger partial charge in [-0.15, -0.1) is 0 Å². The van der Waals surface area contributed by atoms with Crippen LogP contribution in [0.2, 0.25) is 0 Å². The summed E-state index contributed by atoms with van der Waals surface area (Å²) in [7, 11) is 0. The number of carbonyl (C=O) groups is 1. The van der Waals surface area contributed by atoms with Gasteiger partial charge in [-0.05, 0) is 19.4 Å². The molecule has 0 unspecified atom stereocenters. The summed E-state index contributed by atoms with van der Waals surface area (Å²) in [6, 6.07) is 12.6. The highest BCUT2D eigenvalue weighted by Gasteiger charge is 2.24. The van der Waals surface area contributed by atoms with Crippen molar-refractivity contribution in [2.45, 2.75) is 33.6 Å². The van der Waals surface area contributed by atoms with E-state index in [1.54, 1.807) is 11.6 Å². The number of esters is 1. The smallest absolute Gasteiger partial charge is 0.342 e. The van der Waals surface area contributed by atoms with Crippen LogP contribution in [-0.4, -0.2) is 27.5 Å². The monoisotopic (exact) mass is 423 g/mol. The summed E-state index contributed by atoms with van der Waals surface area (Å²) in [5.74, 6) is -0.0838. The number of fused-ring (bicyclic) bond motifs is 1. The number of ether oxygens (including phenoxy) is 3. The van der Waals surface area contributed by atoms with Crippen LogP contribution in [0.15, 0.2) is 42.5 Å². The standard InChI is InChI=1S/C22H21N3O6/c1-14-20(15(2)24(23-14)10-16-6-4-3-5-7-16)22(26)30-12-18-9-19(25(27)28)8-17-11-29-13-31-21(17)18/h3-9H,10-13H2,1-2H3. The molecular formula is C22H21N3O6. The Hall–Kier alpha value is -3.72. The Morgan fingerprint density at radius 3 is 2.77 bits per heavy atom. The van der Waals surface area contributed by atoms with Gasteiger partial charge in [0, 0.05) is 23.3 Å². The molecule has 3 aromatic rings. The highest BCUT2D eigenvalue weighted by atomic mass is 16.7. The van der Waals surface area contributed by atoms with Crippen molar-refractivity contribution in [2.24, 2.45) is 0 Å². The molecule has 0 saturated carbocycles. The Morgan fingerprint density at radius 1 is 1.26 bits per heavy atom. The summed E-state index contributed by atoms with van der Waals surface area (Å²) in [5.41, 5.74) is 3.57. The molecule has 0 atom stereocenters. The molecule has 0 saturated heterocycles. The molecule has 9 nitrogen and oxygen atoms in total. The minimum Gasteiger partial charge on any atom is -0.467 e. The SMILES string of the molecule is Cc1nn(Cc2ccccc2)c(C)c1C(=O)OCc1cc([N+](=O)[O-])cc2c1OCOC2. The topological polar surface area (TPSA) is 106 Å². The zero-order valence-electron chi connectivity index (χ0n) is 17.2. The van der Waals surface area contributed by atoms with E-state index in [2.05, 4.69) is 5.10 Å². The molecule has 0 amide bonds. The van der Waals surface area contributed by atoms with E-state index in [0.717, 1.165) is 5.56 Å². The van der Waals surface area contributed by atoms with Gasteiger partial charge in [0.1, 0.15) is 17.9 Å². The maximum atomic E-state index is 12.8. The fourth-order valence-electron chi connectivity index (χ4n) is 3.61. The van der Waals surface area contributed by atoms with Crippen LogP contribution in [0.5, 0.6) is 5.75 Å². The fraction of sp³-hybridized carbons (Fsp3) is 0.273. The molecule has 31 heavy (non-hydrogen) atoms. The number of hydrogen-bond acceptors (Lipinski definition) is 7. The zero-order chi connectivity index (χ0) is 22.0. The maximum Gasteiger partial charge on any atom is 0.342 e. The molecule has 9 heteroatoms. The lowest BCUT2D eigenvalue weighted by Gasteiger charge is -2.20. The van der Waals surface area contributed by atoms with E-state index in [1.165, 1.54) is 12.1 Å². The number of aromatic nitrogens is 2. The summed E-state index contributed by atoms with van der Waals surface area (Å²) in [5, 5.41) is 15.7. The number of aryl methyl sites for hydroxylation is 1. The maximum absolute atomic E-state index is 12.8. The van der Waals surface area contributed by atoms with Gasteiger partial charge in [0.25, 0.3) is 5.69 Å². The van der Waals surface area contributed by atoms with Crippen LogP contribution in [0.1, 0.15) is 38.4 Å². The second-order valence-electron chi connectivity index (χ2n) is 7.23. The predicted molar refractivity (Wildman–Crippen MR) is 110 cm³/mol. The Labute approximate surface area is 178 Å². The molecule has 4 rings (SSSR count). The lowest BCUT2D eigenvalue weighted by molar-refractivity contribution is -0.385. The summed E-state index contributed by atoms with van der Waals surface area (Å²) in [6.45, 7) is 4.17. The highest BCUT2D eigenvalue weighted by molar-refractivity contribution is 5.91. The van der Waals surface area contributed by atoms with Crippen LogP contribution in [0, 0.1) is 24.0 Å². The molecule has 0 radical (unpaired) electrons. The Kier molecular flexibility index (Phi) is 5.68. The average Bonchev–Trinajstić information content (AvgIpc) is 3.05. The normalized spacial score (nSPS) is 12.7. The van der Waals surface area contributed by atoms with E-state index in [9.17, 15) is 14.9 Å². The lowest BCUT2D eigenvalue weighted by atomic mass is 10.1. The van der Waals surface area contributed by atoms with Crippen molar-refractivity contribution in [1.29, 1.82) is 0 Å².